The first-order valence-electron chi connectivity index (χ1n) is 6.61. The predicted molar refractivity (Wildman–Crippen MR) is 87.0 cm³/mol. The Labute approximate surface area is 131 Å². The summed E-state index contributed by atoms with van der Waals surface area (Å²) in [5.74, 6) is -0.0545. The van der Waals surface area contributed by atoms with Crippen molar-refractivity contribution in [3.63, 3.8) is 0 Å². The molecule has 110 valence electrons. The van der Waals surface area contributed by atoms with E-state index in [0.29, 0.717) is 21.7 Å². The van der Waals surface area contributed by atoms with E-state index in [0.717, 1.165) is 5.56 Å². The van der Waals surface area contributed by atoms with E-state index in [2.05, 4.69) is 4.98 Å². The molecule has 0 spiro atoms. The van der Waals surface area contributed by atoms with Crippen LogP contribution in [0.3, 0.4) is 0 Å². The van der Waals surface area contributed by atoms with Crippen molar-refractivity contribution in [3.8, 4) is 0 Å². The van der Waals surface area contributed by atoms with Crippen molar-refractivity contribution < 1.29 is 9.52 Å². The molecule has 0 amide bonds. The van der Waals surface area contributed by atoms with E-state index in [1.165, 1.54) is 6.08 Å². The van der Waals surface area contributed by atoms with Gasteiger partial charge in [-0.1, -0.05) is 41.4 Å². The molecular formula is C17H12ClNO3. The Morgan fingerprint density at radius 2 is 1.95 bits per heavy atom. The van der Waals surface area contributed by atoms with Crippen molar-refractivity contribution in [3.05, 3.63) is 74.7 Å². The molecule has 1 N–H and O–H groups in total. The van der Waals surface area contributed by atoms with E-state index in [-0.39, 0.29) is 11.5 Å². The van der Waals surface area contributed by atoms with Crippen molar-refractivity contribution in [2.75, 3.05) is 0 Å². The standard InChI is InChI=1S/C17H12ClNO3/c1-10-2-4-11(5-3-10)15(20)9-14-17(21)22-16-7-6-12(18)8-13(16)19-14/h2-9,20H,1H3/b15-9-. The maximum Gasteiger partial charge on any atom is 0.362 e. The van der Waals surface area contributed by atoms with E-state index < -0.39 is 5.63 Å². The molecule has 1 aromatic heterocycles. The number of aliphatic hydroxyl groups is 1. The maximum absolute atomic E-state index is 11.9. The second-order valence-electron chi connectivity index (χ2n) is 4.89. The molecule has 3 aromatic rings. The highest BCUT2D eigenvalue weighted by molar-refractivity contribution is 6.31. The van der Waals surface area contributed by atoms with Crippen LogP contribution in [0, 0.1) is 6.92 Å². The molecule has 0 aliphatic carbocycles. The number of halogens is 1. The zero-order valence-electron chi connectivity index (χ0n) is 11.7. The second kappa shape index (κ2) is 5.66. The van der Waals surface area contributed by atoms with Crippen molar-refractivity contribution in [2.45, 2.75) is 6.92 Å². The number of fused-ring (bicyclic) bond motifs is 1. The maximum atomic E-state index is 11.9. The molecule has 0 aliphatic heterocycles. The minimum atomic E-state index is -0.617. The summed E-state index contributed by atoms with van der Waals surface area (Å²) >= 11 is 5.90. The third-order valence-corrected chi connectivity index (χ3v) is 3.43. The molecule has 22 heavy (non-hydrogen) atoms. The van der Waals surface area contributed by atoms with E-state index in [1.807, 2.05) is 19.1 Å². The normalized spacial score (nSPS) is 11.8. The molecule has 2 aromatic carbocycles. The fraction of sp³-hybridized carbons (Fsp3) is 0.0588. The van der Waals surface area contributed by atoms with Gasteiger partial charge in [-0.2, -0.15) is 0 Å². The highest BCUT2D eigenvalue weighted by atomic mass is 35.5. The van der Waals surface area contributed by atoms with Crippen LogP contribution >= 0.6 is 11.6 Å². The first kappa shape index (κ1) is 14.4. The van der Waals surface area contributed by atoms with Crippen LogP contribution in [0.15, 0.2) is 51.7 Å². The molecule has 0 saturated heterocycles. The zero-order chi connectivity index (χ0) is 15.7. The van der Waals surface area contributed by atoms with E-state index in [1.54, 1.807) is 30.3 Å². The summed E-state index contributed by atoms with van der Waals surface area (Å²) in [5, 5.41) is 10.6. The third kappa shape index (κ3) is 2.87. The number of aryl methyl sites for hydroxylation is 1. The summed E-state index contributed by atoms with van der Waals surface area (Å²) in [6, 6.07) is 12.1. The lowest BCUT2D eigenvalue weighted by molar-refractivity contribution is 0.514. The molecule has 1 heterocycles. The van der Waals surface area contributed by atoms with Gasteiger partial charge in [0.1, 0.15) is 11.3 Å². The van der Waals surface area contributed by atoms with E-state index in [9.17, 15) is 9.90 Å². The largest absolute Gasteiger partial charge is 0.507 e. The van der Waals surface area contributed by atoms with Crippen LogP contribution in [0.1, 0.15) is 16.8 Å². The van der Waals surface area contributed by atoms with Gasteiger partial charge in [0, 0.05) is 16.7 Å². The third-order valence-electron chi connectivity index (χ3n) is 3.19. The van der Waals surface area contributed by atoms with Crippen LogP contribution in [-0.4, -0.2) is 10.1 Å². The van der Waals surface area contributed by atoms with Gasteiger partial charge in [-0.15, -0.1) is 0 Å². The van der Waals surface area contributed by atoms with Gasteiger partial charge in [0.15, 0.2) is 11.3 Å². The Balaban J connectivity index is 2.09. The lowest BCUT2D eigenvalue weighted by Crippen LogP contribution is -2.06. The van der Waals surface area contributed by atoms with Gasteiger partial charge < -0.3 is 9.52 Å². The molecule has 0 fully saturated rings. The quantitative estimate of drug-likeness (QED) is 0.720. The average molecular weight is 314 g/mol. The van der Waals surface area contributed by atoms with Crippen LogP contribution in [-0.2, 0) is 0 Å². The number of hydrogen-bond acceptors (Lipinski definition) is 4. The SMILES string of the molecule is Cc1ccc(/C(O)=C/c2nc3cc(Cl)ccc3oc2=O)cc1. The number of rotatable bonds is 2. The highest BCUT2D eigenvalue weighted by Gasteiger charge is 2.08. The lowest BCUT2D eigenvalue weighted by Gasteiger charge is -2.02. The molecule has 0 radical (unpaired) electrons. The smallest absolute Gasteiger partial charge is 0.362 e. The van der Waals surface area contributed by atoms with Crippen molar-refractivity contribution in [1.29, 1.82) is 0 Å². The molecule has 0 unspecified atom stereocenters. The fourth-order valence-electron chi connectivity index (χ4n) is 2.02. The highest BCUT2D eigenvalue weighted by Crippen LogP contribution is 2.18. The molecule has 0 saturated carbocycles. The summed E-state index contributed by atoms with van der Waals surface area (Å²) in [4.78, 5) is 16.1. The van der Waals surface area contributed by atoms with Gasteiger partial charge in [-0.25, -0.2) is 9.78 Å². The summed E-state index contributed by atoms with van der Waals surface area (Å²) in [6.45, 7) is 1.95. The van der Waals surface area contributed by atoms with Crippen LogP contribution < -0.4 is 5.63 Å². The lowest BCUT2D eigenvalue weighted by atomic mass is 10.1. The molecule has 0 atom stereocenters. The van der Waals surface area contributed by atoms with Crippen molar-refractivity contribution in [2.24, 2.45) is 0 Å². The minimum absolute atomic E-state index is 0.0211. The molecule has 0 bridgehead atoms. The van der Waals surface area contributed by atoms with Crippen molar-refractivity contribution >= 4 is 34.5 Å². The van der Waals surface area contributed by atoms with E-state index >= 15 is 0 Å². The van der Waals surface area contributed by atoms with Gasteiger partial charge in [0.25, 0.3) is 0 Å². The second-order valence-corrected chi connectivity index (χ2v) is 5.33. The van der Waals surface area contributed by atoms with Crippen LogP contribution in [0.2, 0.25) is 5.02 Å². The Morgan fingerprint density at radius 3 is 2.68 bits per heavy atom. The summed E-state index contributed by atoms with van der Waals surface area (Å²) in [6.07, 6.45) is 1.29. The van der Waals surface area contributed by atoms with Gasteiger partial charge in [-0.3, -0.25) is 0 Å². The predicted octanol–water partition coefficient (Wildman–Crippen LogP) is 4.21. The monoisotopic (exact) mass is 313 g/mol. The molecular weight excluding hydrogens is 302 g/mol. The van der Waals surface area contributed by atoms with Crippen LogP contribution in [0.4, 0.5) is 0 Å². The van der Waals surface area contributed by atoms with Crippen LogP contribution in [0.25, 0.3) is 22.9 Å². The fourth-order valence-corrected chi connectivity index (χ4v) is 2.19. The molecule has 5 heteroatoms. The molecule has 3 rings (SSSR count). The topological polar surface area (TPSA) is 63.3 Å². The van der Waals surface area contributed by atoms with E-state index in [4.69, 9.17) is 16.0 Å². The van der Waals surface area contributed by atoms with Gasteiger partial charge in [0.2, 0.25) is 0 Å². The number of benzene rings is 2. The Morgan fingerprint density at radius 1 is 1.23 bits per heavy atom. The minimum Gasteiger partial charge on any atom is -0.507 e. The number of aliphatic hydroxyl groups excluding tert-OH is 1. The van der Waals surface area contributed by atoms with Crippen LogP contribution in [0.5, 0.6) is 0 Å². The average Bonchev–Trinajstić information content (AvgIpc) is 2.49. The number of hydrogen-bond donors (Lipinski definition) is 1. The first-order chi connectivity index (χ1) is 10.5. The number of nitrogens with zero attached hydrogens (tertiary/aromatic N) is 1. The Kier molecular flexibility index (Phi) is 3.69. The Bertz CT molecular complexity index is 927. The van der Waals surface area contributed by atoms with Gasteiger partial charge >= 0.3 is 5.63 Å². The summed E-state index contributed by atoms with van der Waals surface area (Å²) in [7, 11) is 0. The molecule has 0 aliphatic rings. The summed E-state index contributed by atoms with van der Waals surface area (Å²) in [5.41, 5.74) is 1.88. The summed E-state index contributed by atoms with van der Waals surface area (Å²) < 4.78 is 5.17. The molecule has 4 nitrogen and oxygen atoms in total. The number of aromatic nitrogens is 1. The Hall–Kier alpha value is -2.59. The van der Waals surface area contributed by atoms with Gasteiger partial charge in [-0.05, 0) is 25.1 Å². The van der Waals surface area contributed by atoms with Crippen molar-refractivity contribution in [1.82, 2.24) is 4.98 Å². The van der Waals surface area contributed by atoms with Gasteiger partial charge in [0.05, 0.1) is 0 Å². The first-order valence-corrected chi connectivity index (χ1v) is 6.99. The zero-order valence-corrected chi connectivity index (χ0v) is 12.5.